The van der Waals surface area contributed by atoms with Crippen LogP contribution in [0.2, 0.25) is 5.02 Å². The Morgan fingerprint density at radius 3 is 2.50 bits per heavy atom. The third kappa shape index (κ3) is 2.91. The van der Waals surface area contributed by atoms with Crippen LogP contribution in [0.3, 0.4) is 0 Å². The largest absolute Gasteiger partial charge is 0.339 e. The van der Waals surface area contributed by atoms with E-state index in [1.807, 2.05) is 59.0 Å². The van der Waals surface area contributed by atoms with Crippen LogP contribution in [0.15, 0.2) is 53.3 Å². The summed E-state index contributed by atoms with van der Waals surface area (Å²) < 4.78 is 3.15. The molecule has 1 saturated heterocycles. The molecule has 152 valence electrons. The highest BCUT2D eigenvalue weighted by molar-refractivity contribution is 6.31. The fourth-order valence-corrected chi connectivity index (χ4v) is 4.50. The van der Waals surface area contributed by atoms with Gasteiger partial charge in [-0.05, 0) is 43.5 Å². The summed E-state index contributed by atoms with van der Waals surface area (Å²) in [5.74, 6) is -0.133. The summed E-state index contributed by atoms with van der Waals surface area (Å²) in [7, 11) is 1.83. The molecule has 4 aromatic rings. The zero-order valence-corrected chi connectivity index (χ0v) is 17.4. The Bertz CT molecular complexity index is 1330. The first-order chi connectivity index (χ1) is 14.6. The molecular weight excluding hydrogens is 400 g/mol. The Morgan fingerprint density at radius 2 is 1.77 bits per heavy atom. The number of rotatable bonds is 2. The van der Waals surface area contributed by atoms with Gasteiger partial charge in [0.2, 0.25) is 0 Å². The Morgan fingerprint density at radius 1 is 1.03 bits per heavy atom. The number of piperidine rings is 1. The molecule has 2 aromatic heterocycles. The number of fused-ring (bicyclic) bond motifs is 3. The fraction of sp³-hybridized carbons (Fsp3) is 0.261. The van der Waals surface area contributed by atoms with Crippen molar-refractivity contribution in [2.24, 2.45) is 7.05 Å². The first-order valence-electron chi connectivity index (χ1n) is 10.1. The molecule has 0 aliphatic carbocycles. The third-order valence-electron chi connectivity index (χ3n) is 5.84. The van der Waals surface area contributed by atoms with Crippen LogP contribution in [0.5, 0.6) is 0 Å². The van der Waals surface area contributed by atoms with Gasteiger partial charge in [-0.15, -0.1) is 0 Å². The molecule has 0 spiro atoms. The average molecular weight is 421 g/mol. The Labute approximate surface area is 178 Å². The van der Waals surface area contributed by atoms with Crippen molar-refractivity contribution in [2.45, 2.75) is 19.3 Å². The first kappa shape index (κ1) is 18.9. The van der Waals surface area contributed by atoms with Gasteiger partial charge in [-0.1, -0.05) is 35.9 Å². The van der Waals surface area contributed by atoms with Crippen molar-refractivity contribution in [1.29, 1.82) is 0 Å². The summed E-state index contributed by atoms with van der Waals surface area (Å²) in [6, 6.07) is 14.7. The molecule has 1 aliphatic heterocycles. The molecule has 0 saturated carbocycles. The van der Waals surface area contributed by atoms with Crippen LogP contribution in [-0.4, -0.2) is 38.2 Å². The summed E-state index contributed by atoms with van der Waals surface area (Å²) in [6.07, 6.45) is 3.10. The molecule has 0 unspecified atom stereocenters. The van der Waals surface area contributed by atoms with E-state index in [2.05, 4.69) is 5.10 Å². The van der Waals surface area contributed by atoms with Crippen molar-refractivity contribution < 1.29 is 4.79 Å². The highest BCUT2D eigenvalue weighted by Gasteiger charge is 2.27. The van der Waals surface area contributed by atoms with E-state index in [1.165, 1.54) is 4.68 Å². The van der Waals surface area contributed by atoms with E-state index in [1.54, 1.807) is 6.07 Å². The van der Waals surface area contributed by atoms with Crippen LogP contribution in [0.25, 0.3) is 27.5 Å². The van der Waals surface area contributed by atoms with Crippen molar-refractivity contribution in [3.05, 3.63) is 69.6 Å². The van der Waals surface area contributed by atoms with E-state index < -0.39 is 0 Å². The molecule has 0 atom stereocenters. The molecule has 5 rings (SSSR count). The lowest BCUT2D eigenvalue weighted by atomic mass is 10.1. The maximum absolute atomic E-state index is 13.5. The van der Waals surface area contributed by atoms with Gasteiger partial charge in [-0.3, -0.25) is 9.59 Å². The Kier molecular flexibility index (Phi) is 4.59. The van der Waals surface area contributed by atoms with E-state index in [9.17, 15) is 9.59 Å². The predicted molar refractivity (Wildman–Crippen MR) is 119 cm³/mol. The number of hydrogen-bond acceptors (Lipinski definition) is 3. The highest BCUT2D eigenvalue weighted by atomic mass is 35.5. The van der Waals surface area contributed by atoms with E-state index in [4.69, 9.17) is 11.6 Å². The summed E-state index contributed by atoms with van der Waals surface area (Å²) in [5, 5.41) is 6.58. The van der Waals surface area contributed by atoms with Crippen molar-refractivity contribution in [2.75, 3.05) is 13.1 Å². The number of carbonyl (C=O) groups is 1. The van der Waals surface area contributed by atoms with Crippen LogP contribution in [0.1, 0.15) is 29.8 Å². The predicted octanol–water partition coefficient (Wildman–Crippen LogP) is 4.16. The number of amides is 1. The number of aromatic nitrogens is 3. The summed E-state index contributed by atoms with van der Waals surface area (Å²) in [5.41, 5.74) is 1.92. The standard InChI is InChI=1S/C23H21ClN4O2/c1-26-18-14-15(24)10-11-17(18)19-20(22(29)27-12-6-3-7-13-27)25-28(23(30)21(19)26)16-8-4-2-5-9-16/h2,4-5,8-11,14H,3,6-7,12-13H2,1H3. The van der Waals surface area contributed by atoms with Crippen LogP contribution in [0, 0.1) is 0 Å². The molecule has 0 radical (unpaired) electrons. The normalized spacial score (nSPS) is 14.5. The van der Waals surface area contributed by atoms with E-state index in [-0.39, 0.29) is 11.5 Å². The van der Waals surface area contributed by atoms with Crippen LogP contribution >= 0.6 is 11.6 Å². The van der Waals surface area contributed by atoms with Gasteiger partial charge in [-0.2, -0.15) is 9.78 Å². The van der Waals surface area contributed by atoms with Gasteiger partial charge in [0.1, 0.15) is 5.52 Å². The maximum Gasteiger partial charge on any atom is 0.296 e. The van der Waals surface area contributed by atoms with Gasteiger partial charge in [0.05, 0.1) is 11.2 Å². The van der Waals surface area contributed by atoms with Gasteiger partial charge in [0.25, 0.3) is 11.5 Å². The number of hydrogen-bond donors (Lipinski definition) is 0. The molecule has 2 aromatic carbocycles. The molecule has 1 fully saturated rings. The molecule has 1 amide bonds. The van der Waals surface area contributed by atoms with E-state index in [0.717, 1.165) is 30.2 Å². The van der Waals surface area contributed by atoms with Gasteiger partial charge in [0, 0.05) is 35.9 Å². The minimum Gasteiger partial charge on any atom is -0.339 e. The van der Waals surface area contributed by atoms with Crippen molar-refractivity contribution in [3.8, 4) is 5.69 Å². The monoisotopic (exact) mass is 420 g/mol. The number of halogens is 1. The van der Waals surface area contributed by atoms with E-state index >= 15 is 0 Å². The minimum atomic E-state index is -0.263. The van der Waals surface area contributed by atoms with Gasteiger partial charge in [-0.25, -0.2) is 0 Å². The van der Waals surface area contributed by atoms with Gasteiger partial charge < -0.3 is 9.47 Å². The van der Waals surface area contributed by atoms with Crippen molar-refractivity contribution >= 4 is 39.3 Å². The summed E-state index contributed by atoms with van der Waals surface area (Å²) >= 11 is 6.22. The topological polar surface area (TPSA) is 60.1 Å². The number of aryl methyl sites for hydroxylation is 1. The van der Waals surface area contributed by atoms with E-state index in [0.29, 0.717) is 40.4 Å². The molecule has 0 bridgehead atoms. The minimum absolute atomic E-state index is 0.133. The zero-order valence-electron chi connectivity index (χ0n) is 16.6. The smallest absolute Gasteiger partial charge is 0.296 e. The molecule has 30 heavy (non-hydrogen) atoms. The lowest BCUT2D eigenvalue weighted by Crippen LogP contribution is -2.37. The molecule has 7 heteroatoms. The average Bonchev–Trinajstić information content (AvgIpc) is 3.07. The number of nitrogens with zero attached hydrogens (tertiary/aromatic N) is 4. The van der Waals surface area contributed by atoms with Crippen molar-refractivity contribution in [3.63, 3.8) is 0 Å². The Hall–Kier alpha value is -3.12. The molecule has 6 nitrogen and oxygen atoms in total. The SMILES string of the molecule is Cn1c2cc(Cl)ccc2c2c(C(=O)N3CCCCC3)nn(-c3ccccc3)c(=O)c21. The lowest BCUT2D eigenvalue weighted by Gasteiger charge is -2.26. The first-order valence-corrected chi connectivity index (χ1v) is 10.5. The second kappa shape index (κ2) is 7.29. The maximum atomic E-state index is 13.5. The molecule has 3 heterocycles. The summed E-state index contributed by atoms with van der Waals surface area (Å²) in [4.78, 5) is 28.9. The third-order valence-corrected chi connectivity index (χ3v) is 6.08. The lowest BCUT2D eigenvalue weighted by molar-refractivity contribution is 0.0718. The quantitative estimate of drug-likeness (QED) is 0.489. The van der Waals surface area contributed by atoms with Crippen LogP contribution < -0.4 is 5.56 Å². The molecular formula is C23H21ClN4O2. The zero-order chi connectivity index (χ0) is 20.8. The summed E-state index contributed by atoms with van der Waals surface area (Å²) in [6.45, 7) is 1.42. The van der Waals surface area contributed by atoms with Gasteiger partial charge in [0.15, 0.2) is 5.69 Å². The molecule has 0 N–H and O–H groups in total. The number of carbonyl (C=O) groups excluding carboxylic acids is 1. The number of benzene rings is 2. The van der Waals surface area contributed by atoms with Crippen molar-refractivity contribution in [1.82, 2.24) is 19.2 Å². The second-order valence-electron chi connectivity index (χ2n) is 7.70. The number of likely N-dealkylation sites (tertiary alicyclic amines) is 1. The number of para-hydroxylation sites is 1. The second-order valence-corrected chi connectivity index (χ2v) is 8.13. The Balaban J connectivity index is 1.87. The fourth-order valence-electron chi connectivity index (χ4n) is 4.34. The highest BCUT2D eigenvalue weighted by Crippen LogP contribution is 2.31. The van der Waals surface area contributed by atoms with Gasteiger partial charge >= 0.3 is 0 Å². The van der Waals surface area contributed by atoms with Crippen LogP contribution in [-0.2, 0) is 7.05 Å². The van der Waals surface area contributed by atoms with Crippen LogP contribution in [0.4, 0.5) is 0 Å². The molecule has 1 aliphatic rings.